The molecule has 0 spiro atoms. The molecule has 0 saturated heterocycles. The molecule has 0 heterocycles. The summed E-state index contributed by atoms with van der Waals surface area (Å²) in [6, 6.07) is 16.3. The van der Waals surface area contributed by atoms with Crippen LogP contribution in [0.4, 0.5) is 13.2 Å². The molecule has 2 nitrogen and oxygen atoms in total. The first-order chi connectivity index (χ1) is 14.9. The van der Waals surface area contributed by atoms with Crippen LogP contribution in [0.25, 0.3) is 0 Å². The maximum atomic E-state index is 13.6. The van der Waals surface area contributed by atoms with E-state index in [0.717, 1.165) is 21.4 Å². The molecule has 170 valence electrons. The Morgan fingerprint density at radius 3 is 1.44 bits per heavy atom. The molecule has 0 unspecified atom stereocenters. The van der Waals surface area contributed by atoms with Gasteiger partial charge in [-0.3, -0.25) is 0 Å². The number of carbonyl (C=O) groups excluding carboxylic acids is 1. The average Bonchev–Trinajstić information content (AvgIpc) is 2.65. The molecule has 3 aromatic carbocycles. The van der Waals surface area contributed by atoms with Crippen molar-refractivity contribution in [3.63, 3.8) is 0 Å². The minimum absolute atomic E-state index is 0.520. The highest BCUT2D eigenvalue weighted by atomic mass is 127. The predicted octanol–water partition coefficient (Wildman–Crippen LogP) is 9.62. The fraction of sp³-hybridized carbons (Fsp3) is 0.0500. The van der Waals surface area contributed by atoms with Gasteiger partial charge in [-0.05, 0) is 182 Å². The van der Waals surface area contributed by atoms with Crippen LogP contribution in [0.2, 0.25) is 0 Å². The standard InChI is InChI=1S/C20H9F3I6O2S/c21-20(22,23)19(30)31-32(12-4-2-1-3-5-12,17-13(26)6-10(24)7-14(17)27)18-15(28)8-11(25)9-16(18)29/h1-9H. The zero-order valence-corrected chi connectivity index (χ0v) is 29.1. The Bertz CT molecular complexity index is 1080. The highest BCUT2D eigenvalue weighted by Gasteiger charge is 2.49. The normalized spacial score (nSPS) is 12.5. The summed E-state index contributed by atoms with van der Waals surface area (Å²) in [6.07, 6.45) is -5.13. The van der Waals surface area contributed by atoms with Gasteiger partial charge in [-0.2, -0.15) is 13.2 Å². The molecular weight excluding hydrogens is 1120 g/mol. The molecule has 32 heavy (non-hydrogen) atoms. The van der Waals surface area contributed by atoms with Crippen molar-refractivity contribution in [3.05, 3.63) is 76.0 Å². The van der Waals surface area contributed by atoms with Gasteiger partial charge < -0.3 is 4.18 Å². The Hall–Kier alpha value is 1.65. The maximum absolute atomic E-state index is 13.6. The summed E-state index contributed by atoms with van der Waals surface area (Å²) in [7, 11) is -3.08. The topological polar surface area (TPSA) is 26.3 Å². The van der Waals surface area contributed by atoms with Crippen molar-refractivity contribution in [2.45, 2.75) is 20.9 Å². The highest BCUT2D eigenvalue weighted by Crippen LogP contribution is 2.73. The van der Waals surface area contributed by atoms with Crippen molar-refractivity contribution in [1.29, 1.82) is 0 Å². The van der Waals surface area contributed by atoms with Gasteiger partial charge in [-0.15, -0.1) is 0 Å². The van der Waals surface area contributed by atoms with Crippen LogP contribution in [0.15, 0.2) is 69.3 Å². The maximum Gasteiger partial charge on any atom is 0.491 e. The van der Waals surface area contributed by atoms with Crippen molar-refractivity contribution in [2.75, 3.05) is 0 Å². The molecule has 0 aliphatic carbocycles. The quantitative estimate of drug-likeness (QED) is 0.244. The molecule has 0 bridgehead atoms. The van der Waals surface area contributed by atoms with Crippen molar-refractivity contribution in [2.24, 2.45) is 0 Å². The van der Waals surface area contributed by atoms with Crippen LogP contribution < -0.4 is 0 Å². The number of halogens is 9. The third-order valence-corrected chi connectivity index (χ3v) is 13.5. The van der Waals surface area contributed by atoms with E-state index in [1.165, 1.54) is 0 Å². The van der Waals surface area contributed by atoms with Gasteiger partial charge in [-0.1, -0.05) is 18.2 Å². The van der Waals surface area contributed by atoms with Crippen LogP contribution in [-0.4, -0.2) is 12.1 Å². The molecule has 0 saturated carbocycles. The minimum atomic E-state index is -5.13. The summed E-state index contributed by atoms with van der Waals surface area (Å²) in [6.45, 7) is 0. The molecule has 0 aromatic heterocycles. The van der Waals surface area contributed by atoms with E-state index in [0.29, 0.717) is 14.7 Å². The van der Waals surface area contributed by atoms with Gasteiger partial charge in [0.1, 0.15) is 0 Å². The second kappa shape index (κ2) is 11.4. The molecule has 3 rings (SSSR count). The lowest BCUT2D eigenvalue weighted by atomic mass is 10.4. The van der Waals surface area contributed by atoms with Gasteiger partial charge in [0.15, 0.2) is 0 Å². The smallest absolute Gasteiger partial charge is 0.395 e. The van der Waals surface area contributed by atoms with Crippen LogP contribution in [0.5, 0.6) is 0 Å². The molecule has 3 aromatic rings. The Morgan fingerprint density at radius 2 is 1.09 bits per heavy atom. The Balaban J connectivity index is 2.56. The van der Waals surface area contributed by atoms with E-state index in [4.69, 9.17) is 4.18 Å². The van der Waals surface area contributed by atoms with Crippen LogP contribution >= 0.6 is 146 Å². The summed E-state index contributed by atoms with van der Waals surface area (Å²) in [5, 5.41) is 0. The number of carbonyl (C=O) groups is 1. The zero-order chi connectivity index (χ0) is 23.8. The first kappa shape index (κ1) is 28.2. The number of alkyl halides is 3. The van der Waals surface area contributed by atoms with Crippen molar-refractivity contribution < 1.29 is 22.1 Å². The Kier molecular flexibility index (Phi) is 10.0. The van der Waals surface area contributed by atoms with Gasteiger partial charge in [-0.25, -0.2) is 4.79 Å². The molecule has 0 aliphatic heterocycles. The average molecular weight is 1130 g/mol. The first-order valence-corrected chi connectivity index (χ1v) is 16.4. The molecule has 0 amide bonds. The summed E-state index contributed by atoms with van der Waals surface area (Å²) >= 11 is 12.8. The molecule has 0 radical (unpaired) electrons. The van der Waals surface area contributed by atoms with Crippen molar-refractivity contribution in [1.82, 2.24) is 0 Å². The Labute approximate surface area is 266 Å². The van der Waals surface area contributed by atoms with Crippen LogP contribution in [0, 0.1) is 21.4 Å². The second-order valence-corrected chi connectivity index (χ2v) is 15.8. The first-order valence-electron chi connectivity index (χ1n) is 8.36. The lowest BCUT2D eigenvalue weighted by molar-refractivity contribution is -0.188. The van der Waals surface area contributed by atoms with E-state index in [9.17, 15) is 18.0 Å². The summed E-state index contributed by atoms with van der Waals surface area (Å²) < 4.78 is 51.2. The van der Waals surface area contributed by atoms with Gasteiger partial charge in [0.05, 0.1) is 9.79 Å². The van der Waals surface area contributed by atoms with E-state index in [2.05, 4.69) is 136 Å². The van der Waals surface area contributed by atoms with E-state index in [1.807, 2.05) is 24.3 Å². The lowest BCUT2D eigenvalue weighted by Crippen LogP contribution is -2.28. The Morgan fingerprint density at radius 1 is 0.719 bits per heavy atom. The van der Waals surface area contributed by atoms with Crippen LogP contribution in [0.1, 0.15) is 0 Å². The molecule has 0 atom stereocenters. The SMILES string of the molecule is O=C(OS(c1ccccc1)(c1c(I)cc(I)cc1I)c1c(I)cc(I)cc1I)C(F)(F)F. The fourth-order valence-electron chi connectivity index (χ4n) is 2.85. The molecule has 0 fully saturated rings. The molecule has 0 aliphatic rings. The minimum Gasteiger partial charge on any atom is -0.395 e. The van der Waals surface area contributed by atoms with E-state index in [1.54, 1.807) is 30.3 Å². The molecule has 12 heteroatoms. The van der Waals surface area contributed by atoms with E-state index < -0.39 is 22.5 Å². The van der Waals surface area contributed by atoms with Crippen LogP contribution in [-0.2, 0) is 8.98 Å². The zero-order valence-electron chi connectivity index (χ0n) is 15.3. The largest absolute Gasteiger partial charge is 0.491 e. The molecule has 0 N–H and O–H groups in total. The van der Waals surface area contributed by atoms with Crippen LogP contribution in [0.3, 0.4) is 0 Å². The molecular formula is C20H9F3I6O2S. The highest BCUT2D eigenvalue weighted by molar-refractivity contribution is 14.1. The summed E-state index contributed by atoms with van der Waals surface area (Å²) in [5.74, 6) is -2.20. The van der Waals surface area contributed by atoms with Gasteiger partial charge >= 0.3 is 12.1 Å². The van der Waals surface area contributed by atoms with Gasteiger partial charge in [0, 0.05) is 26.3 Å². The second-order valence-electron chi connectivity index (χ2n) is 6.13. The summed E-state index contributed by atoms with van der Waals surface area (Å²) in [4.78, 5) is 14.1. The fourth-order valence-corrected chi connectivity index (χ4v) is 16.9. The van der Waals surface area contributed by atoms with Gasteiger partial charge in [0.25, 0.3) is 0 Å². The summed E-state index contributed by atoms with van der Waals surface area (Å²) in [5.41, 5.74) is 0. The van der Waals surface area contributed by atoms with Gasteiger partial charge in [0.2, 0.25) is 0 Å². The number of hydrogen-bond acceptors (Lipinski definition) is 2. The number of hydrogen-bond donors (Lipinski definition) is 0. The van der Waals surface area contributed by atoms with Crippen molar-refractivity contribution in [3.8, 4) is 0 Å². The van der Waals surface area contributed by atoms with E-state index >= 15 is 0 Å². The lowest BCUT2D eigenvalue weighted by Gasteiger charge is -2.42. The number of benzene rings is 3. The third kappa shape index (κ3) is 5.96. The van der Waals surface area contributed by atoms with E-state index in [-0.39, 0.29) is 0 Å². The third-order valence-electron chi connectivity index (χ3n) is 4.01. The van der Waals surface area contributed by atoms with Crippen molar-refractivity contribution >= 4 is 152 Å². The number of rotatable bonds is 4. The predicted molar refractivity (Wildman–Crippen MR) is 170 cm³/mol. The monoisotopic (exact) mass is 1130 g/mol.